The third-order valence-corrected chi connectivity index (χ3v) is 6.17. The average molecular weight is 498 g/mol. The number of hydrogen-bond acceptors (Lipinski definition) is 7. The van der Waals surface area contributed by atoms with Crippen molar-refractivity contribution in [3.63, 3.8) is 0 Å². The zero-order valence-electron chi connectivity index (χ0n) is 18.8. The summed E-state index contributed by atoms with van der Waals surface area (Å²) < 4.78 is 6.99. The first-order chi connectivity index (χ1) is 16.3. The second-order valence-electron chi connectivity index (χ2n) is 8.26. The second-order valence-corrected chi connectivity index (χ2v) is 8.26. The number of hydrogen-bond donors (Lipinski definition) is 3. The van der Waals surface area contributed by atoms with E-state index in [-0.39, 0.29) is 31.1 Å². The predicted octanol–water partition coefficient (Wildman–Crippen LogP) is 0.911. The largest absolute Gasteiger partial charge is 0.383 e. The van der Waals surface area contributed by atoms with E-state index in [1.807, 2.05) is 6.07 Å². The number of aliphatic hydroxyl groups excluding tert-OH is 1. The van der Waals surface area contributed by atoms with E-state index in [4.69, 9.17) is 10.5 Å². The minimum Gasteiger partial charge on any atom is -0.383 e. The summed E-state index contributed by atoms with van der Waals surface area (Å²) in [4.78, 5) is 43.5. The standard InChI is InChI=1S/C24H23N5O5.ClH/c1-28-18-11-16(5-2-13(18)3-7-19(28)30)29-8-9-34-21(24(29)33)20(31)23(32)27-15-4-6-17-14(10-15)12-26-22(17)25;/h2-7,10-11,20-21,31H,8-9,12H2,1H3,(H2,25,26)(H,27,32);1H/t20-,21-;/m1./s1. The molecule has 2 aliphatic rings. The van der Waals surface area contributed by atoms with E-state index < -0.39 is 24.0 Å². The molecule has 2 amide bonds. The van der Waals surface area contributed by atoms with Gasteiger partial charge in [-0.25, -0.2) is 0 Å². The van der Waals surface area contributed by atoms with E-state index in [1.165, 1.54) is 15.5 Å². The van der Waals surface area contributed by atoms with E-state index in [1.54, 1.807) is 43.4 Å². The maximum absolute atomic E-state index is 13.2. The number of nitrogens with two attached hydrogens (primary N) is 1. The van der Waals surface area contributed by atoms with Crippen molar-refractivity contribution < 1.29 is 19.4 Å². The van der Waals surface area contributed by atoms with Crippen LogP contribution < -0.4 is 21.5 Å². The predicted molar refractivity (Wildman–Crippen MR) is 134 cm³/mol. The number of aliphatic hydroxyl groups is 1. The van der Waals surface area contributed by atoms with Gasteiger partial charge in [0.2, 0.25) is 0 Å². The first-order valence-corrected chi connectivity index (χ1v) is 10.8. The molecule has 182 valence electrons. The van der Waals surface area contributed by atoms with Crippen LogP contribution in [0.1, 0.15) is 11.1 Å². The van der Waals surface area contributed by atoms with Gasteiger partial charge in [-0.3, -0.25) is 19.4 Å². The lowest BCUT2D eigenvalue weighted by atomic mass is 10.1. The van der Waals surface area contributed by atoms with Crippen molar-refractivity contribution in [3.05, 3.63) is 70.0 Å². The van der Waals surface area contributed by atoms with Crippen LogP contribution in [0, 0.1) is 0 Å². The average Bonchev–Trinajstić information content (AvgIpc) is 3.21. The molecule has 0 bridgehead atoms. The van der Waals surface area contributed by atoms with E-state index in [9.17, 15) is 19.5 Å². The van der Waals surface area contributed by atoms with Crippen molar-refractivity contribution in [1.29, 1.82) is 0 Å². The molecular weight excluding hydrogens is 474 g/mol. The number of ether oxygens (including phenoxy) is 1. The van der Waals surface area contributed by atoms with Crippen LogP contribution in [0.5, 0.6) is 0 Å². The molecular formula is C24H24ClN5O5. The van der Waals surface area contributed by atoms with Gasteiger partial charge in [0.1, 0.15) is 5.84 Å². The molecule has 3 heterocycles. The molecule has 2 aliphatic heterocycles. The number of halogens is 1. The first kappa shape index (κ1) is 24.4. The van der Waals surface area contributed by atoms with Crippen LogP contribution in [0.2, 0.25) is 0 Å². The molecule has 1 aromatic heterocycles. The molecule has 4 N–H and O–H groups in total. The number of anilines is 2. The molecule has 5 rings (SSSR count). The molecule has 0 aliphatic carbocycles. The SMILES string of the molecule is Cl.Cn1c(=O)ccc2ccc(N3CCO[C@H]([C@@H](O)C(=O)Nc4ccc5c(c4)CN=C5N)C3=O)cc21. The Morgan fingerprint density at radius 1 is 1.20 bits per heavy atom. The second kappa shape index (κ2) is 9.49. The monoisotopic (exact) mass is 497 g/mol. The summed E-state index contributed by atoms with van der Waals surface area (Å²) in [6.45, 7) is 0.814. The summed E-state index contributed by atoms with van der Waals surface area (Å²) in [5.41, 5.74) is 9.01. The number of aliphatic imine (C=N–C) groups is 1. The van der Waals surface area contributed by atoms with Crippen molar-refractivity contribution in [1.82, 2.24) is 4.57 Å². The number of fused-ring (bicyclic) bond motifs is 2. The lowest BCUT2D eigenvalue weighted by Gasteiger charge is -2.34. The molecule has 1 saturated heterocycles. The van der Waals surface area contributed by atoms with Gasteiger partial charge in [-0.2, -0.15) is 0 Å². The first-order valence-electron chi connectivity index (χ1n) is 10.8. The smallest absolute Gasteiger partial charge is 0.259 e. The summed E-state index contributed by atoms with van der Waals surface area (Å²) >= 11 is 0. The molecule has 3 aromatic rings. The summed E-state index contributed by atoms with van der Waals surface area (Å²) in [5, 5.41) is 14.1. The van der Waals surface area contributed by atoms with Crippen LogP contribution >= 0.6 is 12.4 Å². The van der Waals surface area contributed by atoms with Crippen molar-refractivity contribution in [2.45, 2.75) is 18.8 Å². The van der Waals surface area contributed by atoms with Gasteiger partial charge in [0, 0.05) is 36.6 Å². The third-order valence-electron chi connectivity index (χ3n) is 6.17. The normalized spacial score (nSPS) is 18.0. The Hall–Kier alpha value is -3.73. The molecule has 1 fully saturated rings. The van der Waals surface area contributed by atoms with E-state index >= 15 is 0 Å². The number of pyridine rings is 1. The summed E-state index contributed by atoms with van der Waals surface area (Å²) in [6, 6.07) is 13.7. The number of nitrogens with one attached hydrogen (secondary N) is 1. The Labute approximate surface area is 206 Å². The Balaban J connectivity index is 0.00000289. The quantitative estimate of drug-likeness (QED) is 0.489. The third kappa shape index (κ3) is 4.39. The maximum Gasteiger partial charge on any atom is 0.259 e. The Bertz CT molecular complexity index is 1420. The van der Waals surface area contributed by atoms with Crippen molar-refractivity contribution in [3.8, 4) is 0 Å². The molecule has 2 aromatic carbocycles. The van der Waals surface area contributed by atoms with Gasteiger partial charge in [-0.05, 0) is 47.3 Å². The Morgan fingerprint density at radius 3 is 2.77 bits per heavy atom. The van der Waals surface area contributed by atoms with Crippen LogP contribution in [0.3, 0.4) is 0 Å². The zero-order valence-corrected chi connectivity index (χ0v) is 19.6. The van der Waals surface area contributed by atoms with Crippen molar-refractivity contribution in [2.75, 3.05) is 23.4 Å². The Morgan fingerprint density at radius 2 is 1.97 bits per heavy atom. The lowest BCUT2D eigenvalue weighted by Crippen LogP contribution is -2.55. The van der Waals surface area contributed by atoms with Gasteiger partial charge < -0.3 is 30.4 Å². The number of carbonyl (C=O) groups excluding carboxylic acids is 2. The number of rotatable bonds is 4. The highest BCUT2D eigenvalue weighted by Gasteiger charge is 2.39. The van der Waals surface area contributed by atoms with Gasteiger partial charge in [0.05, 0.1) is 18.7 Å². The van der Waals surface area contributed by atoms with Crippen LogP contribution in [0.25, 0.3) is 10.9 Å². The molecule has 2 atom stereocenters. The van der Waals surface area contributed by atoms with Crippen LogP contribution in [-0.4, -0.2) is 52.7 Å². The van der Waals surface area contributed by atoms with Crippen LogP contribution in [-0.2, 0) is 27.9 Å². The van der Waals surface area contributed by atoms with E-state index in [2.05, 4.69) is 10.3 Å². The number of aromatic nitrogens is 1. The molecule has 0 spiro atoms. The number of amidine groups is 1. The molecule has 0 radical (unpaired) electrons. The highest BCUT2D eigenvalue weighted by molar-refractivity contribution is 6.05. The molecule has 0 unspecified atom stereocenters. The van der Waals surface area contributed by atoms with Crippen LogP contribution in [0.15, 0.2) is 58.3 Å². The number of nitrogens with zero attached hydrogens (tertiary/aromatic N) is 3. The molecule has 0 saturated carbocycles. The summed E-state index contributed by atoms with van der Waals surface area (Å²) in [6.07, 6.45) is -3.08. The number of amides is 2. The fourth-order valence-electron chi connectivity index (χ4n) is 4.27. The van der Waals surface area contributed by atoms with Crippen molar-refractivity contribution >= 4 is 52.3 Å². The van der Waals surface area contributed by atoms with E-state index in [0.29, 0.717) is 29.3 Å². The highest BCUT2D eigenvalue weighted by Crippen LogP contribution is 2.25. The topological polar surface area (TPSA) is 139 Å². The van der Waals surface area contributed by atoms with Gasteiger partial charge >= 0.3 is 0 Å². The highest BCUT2D eigenvalue weighted by atomic mass is 35.5. The Kier molecular flexibility index (Phi) is 6.62. The molecule has 10 nitrogen and oxygen atoms in total. The molecule has 11 heteroatoms. The summed E-state index contributed by atoms with van der Waals surface area (Å²) in [7, 11) is 1.66. The minimum absolute atomic E-state index is 0. The number of morpholine rings is 1. The number of carbonyl (C=O) groups is 2. The number of benzene rings is 2. The minimum atomic E-state index is -1.71. The van der Waals surface area contributed by atoms with Crippen molar-refractivity contribution in [2.24, 2.45) is 17.8 Å². The van der Waals surface area contributed by atoms with Gasteiger partial charge in [0.25, 0.3) is 17.4 Å². The van der Waals surface area contributed by atoms with Crippen LogP contribution in [0.4, 0.5) is 11.4 Å². The van der Waals surface area contributed by atoms with E-state index in [0.717, 1.165) is 16.5 Å². The fraction of sp³-hybridized carbons (Fsp3) is 0.250. The lowest BCUT2D eigenvalue weighted by molar-refractivity contribution is -0.150. The maximum atomic E-state index is 13.2. The summed E-state index contributed by atoms with van der Waals surface area (Å²) in [5.74, 6) is -0.847. The molecule has 35 heavy (non-hydrogen) atoms. The number of aryl methyl sites for hydroxylation is 1. The van der Waals surface area contributed by atoms with Gasteiger partial charge in [0.15, 0.2) is 12.2 Å². The zero-order chi connectivity index (χ0) is 24.0. The fourth-order valence-corrected chi connectivity index (χ4v) is 4.27. The van der Waals surface area contributed by atoms with Gasteiger partial charge in [-0.15, -0.1) is 12.4 Å². The van der Waals surface area contributed by atoms with Gasteiger partial charge in [-0.1, -0.05) is 6.07 Å².